The molecule has 0 aliphatic rings. The van der Waals surface area contributed by atoms with Crippen LogP contribution in [0.5, 0.6) is 0 Å². The molecule has 2 unspecified atom stereocenters. The molecule has 0 bridgehead atoms. The summed E-state index contributed by atoms with van der Waals surface area (Å²) < 4.78 is -1.69. The summed E-state index contributed by atoms with van der Waals surface area (Å²) in [7, 11) is 0. The summed E-state index contributed by atoms with van der Waals surface area (Å²) >= 11 is 3.12. The molecule has 0 amide bonds. The summed E-state index contributed by atoms with van der Waals surface area (Å²) in [6, 6.07) is 0. The highest BCUT2D eigenvalue weighted by Crippen LogP contribution is 2.30. The van der Waals surface area contributed by atoms with E-state index in [1.165, 1.54) is 0 Å². The lowest BCUT2D eigenvalue weighted by Crippen LogP contribution is -2.46. The van der Waals surface area contributed by atoms with E-state index in [1.54, 1.807) is 0 Å². The molecule has 25 heavy (non-hydrogen) atoms. The quantitative estimate of drug-likeness (QED) is 0.145. The van der Waals surface area contributed by atoms with Crippen molar-refractivity contribution >= 4 is 40.1 Å². The van der Waals surface area contributed by atoms with Crippen molar-refractivity contribution in [1.29, 1.82) is 0 Å². The fourth-order valence-corrected chi connectivity index (χ4v) is 3.42. The maximum Gasteiger partial charge on any atom is 0.157 e. The van der Waals surface area contributed by atoms with Crippen LogP contribution in [0.4, 0.5) is 0 Å². The Hall–Kier alpha value is -0.840. The van der Waals surface area contributed by atoms with Gasteiger partial charge in [0.25, 0.3) is 0 Å². The third kappa shape index (κ3) is 8.89. The molecule has 0 aliphatic heterocycles. The van der Waals surface area contributed by atoms with E-state index in [-0.39, 0.29) is 24.4 Å². The van der Waals surface area contributed by atoms with Crippen LogP contribution in [0.15, 0.2) is 0 Å². The Balaban J connectivity index is 4.63. The number of unbranched alkanes of at least 4 members (excludes halogenated alkanes) is 8. The topological polar surface area (TPSA) is 68.3 Å². The maximum atomic E-state index is 12.5. The molecule has 2 atom stereocenters. The molecule has 0 fully saturated rings. The van der Waals surface area contributed by atoms with Crippen molar-refractivity contribution in [1.82, 2.24) is 0 Å². The van der Waals surface area contributed by atoms with Crippen molar-refractivity contribution in [3.05, 3.63) is 0 Å². The average Bonchev–Trinajstić information content (AvgIpc) is 2.61. The number of rotatable bonds is 17. The van der Waals surface area contributed by atoms with Gasteiger partial charge in [0, 0.05) is 12.8 Å². The first kappa shape index (κ1) is 24.2. The number of carbonyl (C=O) groups is 4. The molecule has 0 radical (unpaired) electrons. The van der Waals surface area contributed by atoms with E-state index in [0.29, 0.717) is 25.4 Å². The molecule has 0 saturated carbocycles. The van der Waals surface area contributed by atoms with Crippen molar-refractivity contribution in [3.63, 3.8) is 0 Å². The van der Waals surface area contributed by atoms with E-state index in [1.807, 2.05) is 0 Å². The highest BCUT2D eigenvalue weighted by Gasteiger charge is 2.46. The summed E-state index contributed by atoms with van der Waals surface area (Å²) in [5.41, 5.74) is 0. The van der Waals surface area contributed by atoms with Gasteiger partial charge in [0.1, 0.15) is 24.3 Å². The number of Topliss-reactive ketones (excluding diaryl/α,β-unsaturated/α-hetero) is 2. The number of aldehydes is 2. The normalized spacial score (nSPS) is 14.5. The molecular weight excluding hydrogens is 384 g/mol. The zero-order chi connectivity index (χ0) is 19.1. The molecule has 0 rings (SSSR count). The molecule has 0 saturated heterocycles. The lowest BCUT2D eigenvalue weighted by atomic mass is 9.83. The maximum absolute atomic E-state index is 12.5. The van der Waals surface area contributed by atoms with E-state index in [2.05, 4.69) is 29.8 Å². The fraction of sp³-hybridized carbons (Fsp3) is 0.800. The van der Waals surface area contributed by atoms with Crippen molar-refractivity contribution < 1.29 is 19.2 Å². The number of alkyl halides is 1. The van der Waals surface area contributed by atoms with Gasteiger partial charge in [0.15, 0.2) is 10.1 Å². The Morgan fingerprint density at radius 3 is 1.76 bits per heavy atom. The second kappa shape index (κ2) is 14.3. The van der Waals surface area contributed by atoms with Gasteiger partial charge in [-0.15, -0.1) is 0 Å². The van der Waals surface area contributed by atoms with Crippen LogP contribution in [-0.4, -0.2) is 28.5 Å². The van der Waals surface area contributed by atoms with E-state index in [0.717, 1.165) is 51.4 Å². The Morgan fingerprint density at radius 1 is 0.840 bits per heavy atom. The first-order valence-electron chi connectivity index (χ1n) is 9.64. The molecule has 0 aromatic carbocycles. The van der Waals surface area contributed by atoms with E-state index in [4.69, 9.17) is 0 Å². The lowest BCUT2D eigenvalue weighted by molar-refractivity contribution is -0.137. The van der Waals surface area contributed by atoms with Gasteiger partial charge in [-0.25, -0.2) is 0 Å². The SMILES string of the molecule is CCCCCCCC(=O)C(C=O)C(Br)(C=O)C(=O)CCCCCCC. The van der Waals surface area contributed by atoms with E-state index >= 15 is 0 Å². The predicted molar refractivity (Wildman–Crippen MR) is 104 cm³/mol. The molecule has 5 heteroatoms. The zero-order valence-corrected chi connectivity index (χ0v) is 17.3. The van der Waals surface area contributed by atoms with Gasteiger partial charge in [0.05, 0.1) is 0 Å². The predicted octanol–water partition coefficient (Wildman–Crippen LogP) is 4.99. The Kier molecular flexibility index (Phi) is 13.9. The third-order valence-corrected chi connectivity index (χ3v) is 5.69. The van der Waals surface area contributed by atoms with Crippen LogP contribution in [0.3, 0.4) is 0 Å². The fourth-order valence-electron chi connectivity index (χ4n) is 2.86. The Bertz CT molecular complexity index is 422. The molecule has 0 aliphatic carbocycles. The Morgan fingerprint density at radius 2 is 1.32 bits per heavy atom. The second-order valence-electron chi connectivity index (χ2n) is 6.72. The number of carbonyl (C=O) groups excluding carboxylic acids is 4. The molecule has 0 aromatic rings. The summed E-state index contributed by atoms with van der Waals surface area (Å²) in [5.74, 6) is -1.91. The molecule has 144 valence electrons. The molecule has 0 heterocycles. The van der Waals surface area contributed by atoms with Crippen molar-refractivity contribution in [2.75, 3.05) is 0 Å². The minimum atomic E-state index is -1.69. The number of hydrogen-bond acceptors (Lipinski definition) is 4. The monoisotopic (exact) mass is 416 g/mol. The Labute approximate surface area is 160 Å². The highest BCUT2D eigenvalue weighted by atomic mass is 79.9. The first-order valence-corrected chi connectivity index (χ1v) is 10.4. The van der Waals surface area contributed by atoms with Gasteiger partial charge < -0.3 is 9.59 Å². The summed E-state index contributed by atoms with van der Waals surface area (Å²) in [6.45, 7) is 4.23. The smallest absolute Gasteiger partial charge is 0.157 e. The van der Waals surface area contributed by atoms with Crippen LogP contribution in [0.1, 0.15) is 90.9 Å². The van der Waals surface area contributed by atoms with E-state index < -0.39 is 10.2 Å². The van der Waals surface area contributed by atoms with Crippen molar-refractivity contribution in [2.24, 2.45) is 5.92 Å². The molecular formula is C20H33BrO4. The molecule has 4 nitrogen and oxygen atoms in total. The lowest BCUT2D eigenvalue weighted by Gasteiger charge is -2.25. The van der Waals surface area contributed by atoms with Crippen LogP contribution < -0.4 is 0 Å². The van der Waals surface area contributed by atoms with Crippen LogP contribution >= 0.6 is 15.9 Å². The number of hydrogen-bond donors (Lipinski definition) is 0. The van der Waals surface area contributed by atoms with Crippen LogP contribution in [0.2, 0.25) is 0 Å². The zero-order valence-electron chi connectivity index (χ0n) is 15.7. The van der Waals surface area contributed by atoms with Gasteiger partial charge in [-0.3, -0.25) is 9.59 Å². The van der Waals surface area contributed by atoms with Crippen molar-refractivity contribution in [3.8, 4) is 0 Å². The van der Waals surface area contributed by atoms with Gasteiger partial charge in [-0.2, -0.15) is 0 Å². The second-order valence-corrected chi connectivity index (χ2v) is 8.03. The van der Waals surface area contributed by atoms with Crippen LogP contribution in [0, 0.1) is 5.92 Å². The summed E-state index contributed by atoms with van der Waals surface area (Å²) in [6.07, 6.45) is 11.1. The first-order chi connectivity index (χ1) is 12.0. The largest absolute Gasteiger partial charge is 0.303 e. The standard InChI is InChI=1S/C20H33BrO4/c1-3-5-7-9-11-13-18(24)17(15-22)20(21,16-23)19(25)14-12-10-8-6-4-2/h15-17H,3-14H2,1-2H3. The van der Waals surface area contributed by atoms with Gasteiger partial charge in [0.2, 0.25) is 0 Å². The van der Waals surface area contributed by atoms with Gasteiger partial charge >= 0.3 is 0 Å². The van der Waals surface area contributed by atoms with Crippen LogP contribution in [0.25, 0.3) is 0 Å². The van der Waals surface area contributed by atoms with Crippen molar-refractivity contribution in [2.45, 2.75) is 95.2 Å². The van der Waals surface area contributed by atoms with Crippen LogP contribution in [-0.2, 0) is 19.2 Å². The summed E-state index contributed by atoms with van der Waals surface area (Å²) in [4.78, 5) is 47.8. The average molecular weight is 417 g/mol. The number of halogens is 1. The highest BCUT2D eigenvalue weighted by molar-refractivity contribution is 9.10. The van der Waals surface area contributed by atoms with Gasteiger partial charge in [-0.1, -0.05) is 81.1 Å². The third-order valence-electron chi connectivity index (χ3n) is 4.57. The minimum absolute atomic E-state index is 0.210. The van der Waals surface area contributed by atoms with Gasteiger partial charge in [-0.05, 0) is 12.8 Å². The molecule has 0 aromatic heterocycles. The molecule has 0 N–H and O–H groups in total. The minimum Gasteiger partial charge on any atom is -0.303 e. The summed E-state index contributed by atoms with van der Waals surface area (Å²) in [5, 5.41) is 0. The number of ketones is 2. The van der Waals surface area contributed by atoms with E-state index in [9.17, 15) is 19.2 Å². The molecule has 0 spiro atoms.